The summed E-state index contributed by atoms with van der Waals surface area (Å²) in [7, 11) is 0. The summed E-state index contributed by atoms with van der Waals surface area (Å²) in [5.41, 5.74) is 5.68. The van der Waals surface area contributed by atoms with Crippen LogP contribution in [-0.2, 0) is 11.3 Å². The number of hydrogen-bond donors (Lipinski definition) is 2. The van der Waals surface area contributed by atoms with Crippen LogP contribution in [0.2, 0.25) is 5.02 Å². The van der Waals surface area contributed by atoms with Crippen LogP contribution in [0.5, 0.6) is 0 Å². The van der Waals surface area contributed by atoms with E-state index in [1.807, 2.05) is 18.2 Å². The second-order valence-electron chi connectivity index (χ2n) is 4.73. The molecule has 1 aromatic carbocycles. The number of nitrogens with one attached hydrogen (secondary N) is 2. The molecular weight excluding hydrogens is 320 g/mol. The molecule has 1 aromatic rings. The lowest BCUT2D eigenvalue weighted by atomic mass is 10.2. The van der Waals surface area contributed by atoms with Gasteiger partial charge in [0.15, 0.2) is 0 Å². The maximum absolute atomic E-state index is 11.3. The summed E-state index contributed by atoms with van der Waals surface area (Å²) >= 11 is 9.27. The lowest BCUT2D eigenvalue weighted by Crippen LogP contribution is -2.40. The van der Waals surface area contributed by atoms with Gasteiger partial charge in [-0.25, -0.2) is 10.2 Å². The van der Waals surface area contributed by atoms with E-state index >= 15 is 0 Å². The SMILES string of the molecule is CC(C)(C)OC(=O)NNCc1ccc(Br)c(Cl)c1. The van der Waals surface area contributed by atoms with Gasteiger partial charge < -0.3 is 4.74 Å². The molecule has 0 spiro atoms. The molecule has 0 saturated carbocycles. The minimum Gasteiger partial charge on any atom is -0.443 e. The van der Waals surface area contributed by atoms with Crippen LogP contribution in [0.4, 0.5) is 4.79 Å². The van der Waals surface area contributed by atoms with Crippen molar-refractivity contribution in [3.63, 3.8) is 0 Å². The molecule has 18 heavy (non-hydrogen) atoms. The average Bonchev–Trinajstić information content (AvgIpc) is 2.20. The molecule has 100 valence electrons. The molecule has 6 heteroatoms. The van der Waals surface area contributed by atoms with E-state index in [0.717, 1.165) is 10.0 Å². The smallest absolute Gasteiger partial charge is 0.422 e. The van der Waals surface area contributed by atoms with Crippen molar-refractivity contribution in [1.29, 1.82) is 0 Å². The fourth-order valence-electron chi connectivity index (χ4n) is 1.17. The first kappa shape index (κ1) is 15.3. The highest BCUT2D eigenvalue weighted by molar-refractivity contribution is 9.10. The maximum Gasteiger partial charge on any atom is 0.422 e. The first-order valence-electron chi connectivity index (χ1n) is 5.44. The third-order valence-corrected chi connectivity index (χ3v) is 3.10. The van der Waals surface area contributed by atoms with Crippen LogP contribution in [0.15, 0.2) is 22.7 Å². The molecule has 0 fully saturated rings. The Balaban J connectivity index is 2.38. The molecule has 2 N–H and O–H groups in total. The van der Waals surface area contributed by atoms with Crippen LogP contribution >= 0.6 is 27.5 Å². The molecule has 0 saturated heterocycles. The van der Waals surface area contributed by atoms with E-state index in [2.05, 4.69) is 26.8 Å². The minimum atomic E-state index is -0.509. The Morgan fingerprint density at radius 3 is 2.67 bits per heavy atom. The molecular formula is C12H16BrClN2O2. The highest BCUT2D eigenvalue weighted by Gasteiger charge is 2.15. The van der Waals surface area contributed by atoms with E-state index in [0.29, 0.717) is 11.6 Å². The number of hydrogen-bond acceptors (Lipinski definition) is 3. The van der Waals surface area contributed by atoms with Crippen molar-refractivity contribution in [3.8, 4) is 0 Å². The Morgan fingerprint density at radius 1 is 1.44 bits per heavy atom. The fraction of sp³-hybridized carbons (Fsp3) is 0.417. The van der Waals surface area contributed by atoms with Gasteiger partial charge in [0.1, 0.15) is 5.60 Å². The highest BCUT2D eigenvalue weighted by Crippen LogP contribution is 2.22. The van der Waals surface area contributed by atoms with E-state index in [-0.39, 0.29) is 0 Å². The second-order valence-corrected chi connectivity index (χ2v) is 5.99. The van der Waals surface area contributed by atoms with Crippen LogP contribution in [0.25, 0.3) is 0 Å². The molecule has 0 aliphatic heterocycles. The number of ether oxygens (including phenoxy) is 1. The quantitative estimate of drug-likeness (QED) is 0.829. The topological polar surface area (TPSA) is 50.4 Å². The Labute approximate surface area is 120 Å². The van der Waals surface area contributed by atoms with Crippen molar-refractivity contribution in [2.45, 2.75) is 32.9 Å². The van der Waals surface area contributed by atoms with Gasteiger partial charge in [0, 0.05) is 11.0 Å². The summed E-state index contributed by atoms with van der Waals surface area (Å²) in [5, 5.41) is 0.631. The summed E-state index contributed by atoms with van der Waals surface area (Å²) in [4.78, 5) is 11.3. The first-order valence-corrected chi connectivity index (χ1v) is 6.61. The zero-order valence-electron chi connectivity index (χ0n) is 10.5. The third-order valence-electron chi connectivity index (χ3n) is 1.87. The summed E-state index contributed by atoms with van der Waals surface area (Å²) in [6.45, 7) is 5.88. The zero-order chi connectivity index (χ0) is 13.8. The lowest BCUT2D eigenvalue weighted by Gasteiger charge is -2.19. The lowest BCUT2D eigenvalue weighted by molar-refractivity contribution is 0.0497. The van der Waals surface area contributed by atoms with Crippen molar-refractivity contribution in [1.82, 2.24) is 10.9 Å². The number of rotatable bonds is 3. The van der Waals surface area contributed by atoms with E-state index in [4.69, 9.17) is 16.3 Å². The molecule has 0 aliphatic carbocycles. The van der Waals surface area contributed by atoms with Gasteiger partial charge >= 0.3 is 6.09 Å². The summed E-state index contributed by atoms with van der Waals surface area (Å²) in [6, 6.07) is 5.57. The molecule has 0 bridgehead atoms. The van der Waals surface area contributed by atoms with E-state index in [9.17, 15) is 4.79 Å². The van der Waals surface area contributed by atoms with Gasteiger partial charge in [-0.15, -0.1) is 0 Å². The van der Waals surface area contributed by atoms with Crippen LogP contribution < -0.4 is 10.9 Å². The summed E-state index contributed by atoms with van der Waals surface area (Å²) < 4.78 is 5.91. The number of carbonyl (C=O) groups is 1. The summed E-state index contributed by atoms with van der Waals surface area (Å²) in [6.07, 6.45) is -0.509. The molecule has 4 nitrogen and oxygen atoms in total. The van der Waals surface area contributed by atoms with Crippen LogP contribution in [-0.4, -0.2) is 11.7 Å². The number of halogens is 2. The van der Waals surface area contributed by atoms with Gasteiger partial charge in [-0.2, -0.15) is 0 Å². The first-order chi connectivity index (χ1) is 8.28. The van der Waals surface area contributed by atoms with Gasteiger partial charge in [0.25, 0.3) is 0 Å². The zero-order valence-corrected chi connectivity index (χ0v) is 12.9. The predicted octanol–water partition coefficient (Wildman–Crippen LogP) is 3.63. The maximum atomic E-state index is 11.3. The van der Waals surface area contributed by atoms with Crippen molar-refractivity contribution in [2.75, 3.05) is 0 Å². The van der Waals surface area contributed by atoms with Crippen molar-refractivity contribution in [2.24, 2.45) is 0 Å². The van der Waals surface area contributed by atoms with Crippen LogP contribution in [0, 0.1) is 0 Å². The molecule has 0 aromatic heterocycles. The Kier molecular flexibility index (Phi) is 5.44. The van der Waals surface area contributed by atoms with Crippen LogP contribution in [0.1, 0.15) is 26.3 Å². The monoisotopic (exact) mass is 334 g/mol. The Bertz CT molecular complexity index is 433. The van der Waals surface area contributed by atoms with Gasteiger partial charge in [-0.3, -0.25) is 5.43 Å². The normalized spacial score (nSPS) is 11.2. The standard InChI is InChI=1S/C12H16BrClN2O2/c1-12(2,3)18-11(17)16-15-7-8-4-5-9(13)10(14)6-8/h4-6,15H,7H2,1-3H3,(H,16,17). The number of amides is 1. The van der Waals surface area contributed by atoms with Gasteiger partial charge in [0.2, 0.25) is 0 Å². The van der Waals surface area contributed by atoms with Crippen molar-refractivity contribution >= 4 is 33.6 Å². The molecule has 0 atom stereocenters. The highest BCUT2D eigenvalue weighted by atomic mass is 79.9. The van der Waals surface area contributed by atoms with Crippen molar-refractivity contribution in [3.05, 3.63) is 33.3 Å². The van der Waals surface area contributed by atoms with Gasteiger partial charge in [-0.05, 0) is 54.4 Å². The summed E-state index contributed by atoms with van der Waals surface area (Å²) in [5.74, 6) is 0. The molecule has 1 amide bonds. The third kappa shape index (κ3) is 5.71. The van der Waals surface area contributed by atoms with E-state index < -0.39 is 11.7 Å². The second kappa shape index (κ2) is 6.41. The molecule has 0 aliphatic rings. The predicted molar refractivity (Wildman–Crippen MR) is 75.4 cm³/mol. The largest absolute Gasteiger partial charge is 0.443 e. The van der Waals surface area contributed by atoms with Gasteiger partial charge in [-0.1, -0.05) is 17.7 Å². The number of hydrazine groups is 1. The van der Waals surface area contributed by atoms with E-state index in [1.54, 1.807) is 20.8 Å². The van der Waals surface area contributed by atoms with Crippen LogP contribution in [0.3, 0.4) is 0 Å². The Morgan fingerprint density at radius 2 is 2.11 bits per heavy atom. The molecule has 0 unspecified atom stereocenters. The number of benzene rings is 1. The average molecular weight is 336 g/mol. The molecule has 0 radical (unpaired) electrons. The molecule has 0 heterocycles. The number of carbonyl (C=O) groups excluding carboxylic acids is 1. The Hall–Kier alpha value is -0.780. The van der Waals surface area contributed by atoms with Gasteiger partial charge in [0.05, 0.1) is 5.02 Å². The minimum absolute atomic E-state index is 0.465. The van der Waals surface area contributed by atoms with Crippen molar-refractivity contribution < 1.29 is 9.53 Å². The fourth-order valence-corrected chi connectivity index (χ4v) is 1.62. The molecule has 1 rings (SSSR count). The van der Waals surface area contributed by atoms with E-state index in [1.165, 1.54) is 0 Å².